The Morgan fingerprint density at radius 2 is 2.38 bits per heavy atom. The summed E-state index contributed by atoms with van der Waals surface area (Å²) >= 11 is 5.61. The normalized spacial score (nSPS) is 10.6. The van der Waals surface area contributed by atoms with Gasteiger partial charge >= 0.3 is 0 Å². The van der Waals surface area contributed by atoms with Gasteiger partial charge in [0.1, 0.15) is 17.1 Å². The number of anilines is 1. The van der Waals surface area contributed by atoms with Gasteiger partial charge in [-0.15, -0.1) is 0 Å². The molecule has 0 aliphatic heterocycles. The predicted octanol–water partition coefficient (Wildman–Crippen LogP) is 0.824. The van der Waals surface area contributed by atoms with E-state index in [1.165, 1.54) is 10.9 Å². The van der Waals surface area contributed by atoms with Crippen LogP contribution in [0.25, 0.3) is 0 Å². The highest BCUT2D eigenvalue weighted by Crippen LogP contribution is 2.09. The second kappa shape index (κ2) is 3.97. The van der Waals surface area contributed by atoms with Crippen molar-refractivity contribution >= 4 is 17.3 Å². The summed E-state index contributed by atoms with van der Waals surface area (Å²) in [7, 11) is 0. The minimum atomic E-state index is -0.388. The quantitative estimate of drug-likeness (QED) is 0.786. The van der Waals surface area contributed by atoms with Gasteiger partial charge in [-0.25, -0.2) is 4.98 Å². The van der Waals surface area contributed by atoms with Crippen LogP contribution in [0.1, 0.15) is 11.5 Å². The third kappa shape index (κ3) is 1.92. The average molecular weight is 241 g/mol. The number of rotatable bonds is 2. The zero-order valence-electron chi connectivity index (χ0n) is 8.48. The van der Waals surface area contributed by atoms with E-state index < -0.39 is 0 Å². The molecule has 0 amide bonds. The van der Waals surface area contributed by atoms with Crippen molar-refractivity contribution in [3.05, 3.63) is 39.4 Å². The van der Waals surface area contributed by atoms with E-state index in [9.17, 15) is 4.79 Å². The van der Waals surface area contributed by atoms with Gasteiger partial charge in [-0.1, -0.05) is 16.8 Å². The maximum Gasteiger partial charge on any atom is 0.278 e. The van der Waals surface area contributed by atoms with Gasteiger partial charge in [0.15, 0.2) is 5.15 Å². The summed E-state index contributed by atoms with van der Waals surface area (Å²) in [6.07, 6.45) is 1.32. The van der Waals surface area contributed by atoms with Crippen LogP contribution in [0, 0.1) is 6.92 Å². The summed E-state index contributed by atoms with van der Waals surface area (Å²) in [5.41, 5.74) is 5.64. The topological polar surface area (TPSA) is 86.9 Å². The van der Waals surface area contributed by atoms with E-state index >= 15 is 0 Å². The number of aryl methyl sites for hydroxylation is 1. The van der Waals surface area contributed by atoms with Gasteiger partial charge < -0.3 is 10.3 Å². The minimum absolute atomic E-state index is 0.0117. The first-order valence-electron chi connectivity index (χ1n) is 4.50. The number of halogens is 1. The number of nitrogens with zero attached hydrogens (tertiary/aromatic N) is 3. The van der Waals surface area contributed by atoms with Crippen LogP contribution in [-0.2, 0) is 6.54 Å². The highest BCUT2D eigenvalue weighted by atomic mass is 35.5. The first-order valence-corrected chi connectivity index (χ1v) is 4.88. The average Bonchev–Trinajstić information content (AvgIpc) is 2.65. The lowest BCUT2D eigenvalue weighted by atomic mass is 10.3. The zero-order chi connectivity index (χ0) is 11.7. The fraction of sp³-hybridized carbons (Fsp3) is 0.222. The molecule has 0 saturated heterocycles. The standard InChI is InChI=1S/C9H9ClN4O2/c1-5-2-6(13-16-5)3-14-4-12-8(10)7(11)9(14)15/h2,4H,3,11H2,1H3. The van der Waals surface area contributed by atoms with Gasteiger partial charge in [0, 0.05) is 6.07 Å². The van der Waals surface area contributed by atoms with E-state index in [1.54, 1.807) is 13.0 Å². The van der Waals surface area contributed by atoms with Crippen LogP contribution in [0.15, 0.2) is 21.7 Å². The van der Waals surface area contributed by atoms with Gasteiger partial charge in [0.05, 0.1) is 12.9 Å². The molecular weight excluding hydrogens is 232 g/mol. The molecule has 2 N–H and O–H groups in total. The number of aromatic nitrogens is 3. The number of hydrogen-bond acceptors (Lipinski definition) is 5. The lowest BCUT2D eigenvalue weighted by Crippen LogP contribution is -2.24. The van der Waals surface area contributed by atoms with Crippen molar-refractivity contribution in [3.8, 4) is 0 Å². The van der Waals surface area contributed by atoms with Gasteiger partial charge in [0.2, 0.25) is 0 Å². The van der Waals surface area contributed by atoms with E-state index in [-0.39, 0.29) is 22.9 Å². The largest absolute Gasteiger partial charge is 0.392 e. The van der Waals surface area contributed by atoms with Gasteiger partial charge in [-0.05, 0) is 6.92 Å². The van der Waals surface area contributed by atoms with Crippen molar-refractivity contribution in [1.29, 1.82) is 0 Å². The number of nitrogen functional groups attached to an aromatic ring is 1. The second-order valence-corrected chi connectivity index (χ2v) is 3.67. The molecule has 2 aromatic rings. The lowest BCUT2D eigenvalue weighted by Gasteiger charge is -2.03. The molecule has 0 radical (unpaired) electrons. The van der Waals surface area contributed by atoms with Crippen molar-refractivity contribution in [1.82, 2.24) is 14.7 Å². The van der Waals surface area contributed by atoms with Crippen LogP contribution < -0.4 is 11.3 Å². The molecular formula is C9H9ClN4O2. The van der Waals surface area contributed by atoms with Crippen LogP contribution in [0.4, 0.5) is 5.69 Å². The highest BCUT2D eigenvalue weighted by molar-refractivity contribution is 6.31. The summed E-state index contributed by atoms with van der Waals surface area (Å²) in [5.74, 6) is 0.679. The van der Waals surface area contributed by atoms with Crippen LogP contribution in [-0.4, -0.2) is 14.7 Å². The van der Waals surface area contributed by atoms with E-state index in [0.29, 0.717) is 11.5 Å². The molecule has 0 aliphatic carbocycles. The van der Waals surface area contributed by atoms with Gasteiger partial charge in [-0.3, -0.25) is 9.36 Å². The second-order valence-electron chi connectivity index (χ2n) is 3.31. The molecule has 0 bridgehead atoms. The summed E-state index contributed by atoms with van der Waals surface area (Å²) in [6, 6.07) is 1.73. The van der Waals surface area contributed by atoms with Gasteiger partial charge in [0.25, 0.3) is 5.56 Å². The fourth-order valence-electron chi connectivity index (χ4n) is 1.26. The van der Waals surface area contributed by atoms with Crippen molar-refractivity contribution in [2.45, 2.75) is 13.5 Å². The van der Waals surface area contributed by atoms with Crippen LogP contribution >= 0.6 is 11.6 Å². The molecule has 2 heterocycles. The fourth-order valence-corrected chi connectivity index (χ4v) is 1.39. The maximum absolute atomic E-state index is 11.7. The zero-order valence-corrected chi connectivity index (χ0v) is 9.23. The van der Waals surface area contributed by atoms with Crippen LogP contribution in [0.2, 0.25) is 5.15 Å². The summed E-state index contributed by atoms with van der Waals surface area (Å²) < 4.78 is 6.21. The molecule has 0 fully saturated rings. The monoisotopic (exact) mass is 240 g/mol. The first-order chi connectivity index (χ1) is 7.58. The Morgan fingerprint density at radius 3 is 3.00 bits per heavy atom. The Balaban J connectivity index is 2.36. The third-order valence-corrected chi connectivity index (χ3v) is 2.33. The molecule has 0 aliphatic rings. The SMILES string of the molecule is Cc1cc(Cn2cnc(Cl)c(N)c2=O)no1. The molecule has 7 heteroatoms. The first kappa shape index (κ1) is 10.7. The van der Waals surface area contributed by atoms with Crippen LogP contribution in [0.3, 0.4) is 0 Å². The Morgan fingerprint density at radius 1 is 1.62 bits per heavy atom. The summed E-state index contributed by atoms with van der Waals surface area (Å²) in [4.78, 5) is 15.4. The molecule has 6 nitrogen and oxygen atoms in total. The van der Waals surface area contributed by atoms with Crippen molar-refractivity contribution < 1.29 is 4.52 Å². The molecule has 0 atom stereocenters. The molecule has 0 aromatic carbocycles. The van der Waals surface area contributed by atoms with Crippen molar-refractivity contribution in [3.63, 3.8) is 0 Å². The van der Waals surface area contributed by atoms with Crippen molar-refractivity contribution in [2.24, 2.45) is 0 Å². The highest BCUT2D eigenvalue weighted by Gasteiger charge is 2.08. The Bertz CT molecular complexity index is 575. The Hall–Kier alpha value is -1.82. The number of hydrogen-bond donors (Lipinski definition) is 1. The molecule has 2 rings (SSSR count). The molecule has 0 spiro atoms. The van der Waals surface area contributed by atoms with E-state index in [1.807, 2.05) is 0 Å². The van der Waals surface area contributed by atoms with Crippen molar-refractivity contribution in [2.75, 3.05) is 5.73 Å². The summed E-state index contributed by atoms with van der Waals surface area (Å²) in [5, 5.41) is 3.78. The van der Waals surface area contributed by atoms with E-state index in [0.717, 1.165) is 0 Å². The maximum atomic E-state index is 11.7. The molecule has 0 saturated carbocycles. The molecule has 0 unspecified atom stereocenters. The van der Waals surface area contributed by atoms with E-state index in [4.69, 9.17) is 21.9 Å². The summed E-state index contributed by atoms with van der Waals surface area (Å²) in [6.45, 7) is 2.03. The Kier molecular flexibility index (Phi) is 2.66. The Labute approximate surface area is 95.6 Å². The molecule has 84 valence electrons. The van der Waals surface area contributed by atoms with E-state index in [2.05, 4.69) is 10.1 Å². The molecule has 16 heavy (non-hydrogen) atoms. The molecule has 2 aromatic heterocycles. The minimum Gasteiger partial charge on any atom is -0.392 e. The van der Waals surface area contributed by atoms with Gasteiger partial charge in [-0.2, -0.15) is 0 Å². The third-order valence-electron chi connectivity index (χ3n) is 2.03. The lowest BCUT2D eigenvalue weighted by molar-refractivity contribution is 0.388. The number of nitrogens with two attached hydrogens (primary N) is 1. The smallest absolute Gasteiger partial charge is 0.278 e. The van der Waals surface area contributed by atoms with Crippen LogP contribution in [0.5, 0.6) is 0 Å². The predicted molar refractivity (Wildman–Crippen MR) is 58.3 cm³/mol.